The van der Waals surface area contributed by atoms with E-state index in [9.17, 15) is 14.7 Å². The van der Waals surface area contributed by atoms with Gasteiger partial charge in [0.2, 0.25) is 5.88 Å². The number of amides is 1. The van der Waals surface area contributed by atoms with Crippen molar-refractivity contribution >= 4 is 35.1 Å². The Bertz CT molecular complexity index is 1120. The summed E-state index contributed by atoms with van der Waals surface area (Å²) in [7, 11) is 0. The molecule has 3 aromatic rings. The highest BCUT2D eigenvalue weighted by molar-refractivity contribution is 6.32. The number of pyridine rings is 1. The number of ether oxygens (including phenoxy) is 1. The summed E-state index contributed by atoms with van der Waals surface area (Å²) < 4.78 is 5.76. The van der Waals surface area contributed by atoms with Crippen molar-refractivity contribution in [3.8, 4) is 11.6 Å². The van der Waals surface area contributed by atoms with Gasteiger partial charge in [0.1, 0.15) is 11.3 Å². The molecule has 0 aliphatic rings. The van der Waals surface area contributed by atoms with E-state index in [2.05, 4.69) is 10.3 Å². The molecule has 2 aromatic carbocycles. The molecule has 0 saturated heterocycles. The molecule has 0 unspecified atom stereocenters. The van der Waals surface area contributed by atoms with Crippen molar-refractivity contribution in [2.45, 2.75) is 19.9 Å². The van der Waals surface area contributed by atoms with E-state index < -0.39 is 17.9 Å². The predicted molar refractivity (Wildman–Crippen MR) is 115 cm³/mol. The molecule has 0 bridgehead atoms. The molecular formula is C22H18Cl2N2O4. The summed E-state index contributed by atoms with van der Waals surface area (Å²) in [5.74, 6) is -1.22. The van der Waals surface area contributed by atoms with Gasteiger partial charge in [-0.15, -0.1) is 0 Å². The van der Waals surface area contributed by atoms with Gasteiger partial charge in [0, 0.05) is 6.20 Å². The Morgan fingerprint density at radius 2 is 1.83 bits per heavy atom. The molecule has 0 aliphatic heterocycles. The smallest absolute Gasteiger partial charge is 0.336 e. The van der Waals surface area contributed by atoms with Crippen LogP contribution in [0.5, 0.6) is 11.6 Å². The zero-order valence-corrected chi connectivity index (χ0v) is 17.7. The third kappa shape index (κ3) is 4.90. The number of aryl methyl sites for hydroxylation is 1. The van der Waals surface area contributed by atoms with E-state index in [0.717, 1.165) is 5.56 Å². The van der Waals surface area contributed by atoms with Gasteiger partial charge in [-0.2, -0.15) is 0 Å². The minimum absolute atomic E-state index is 0.0290. The molecule has 3 rings (SSSR count). The Hall–Kier alpha value is -3.09. The molecule has 2 N–H and O–H groups in total. The lowest BCUT2D eigenvalue weighted by molar-refractivity contribution is 0.0693. The molecule has 0 fully saturated rings. The summed E-state index contributed by atoms with van der Waals surface area (Å²) in [6.07, 6.45) is 1.36. The third-order valence-corrected chi connectivity index (χ3v) is 4.86. The second-order valence-electron chi connectivity index (χ2n) is 6.63. The first-order chi connectivity index (χ1) is 14.3. The fourth-order valence-electron chi connectivity index (χ4n) is 2.89. The number of carbonyl (C=O) groups is 2. The molecular weight excluding hydrogens is 427 g/mol. The first kappa shape index (κ1) is 21.6. The molecule has 0 aliphatic carbocycles. The Morgan fingerprint density at radius 3 is 2.53 bits per heavy atom. The summed E-state index contributed by atoms with van der Waals surface area (Å²) >= 11 is 12.3. The van der Waals surface area contributed by atoms with Crippen molar-refractivity contribution in [1.29, 1.82) is 0 Å². The van der Waals surface area contributed by atoms with Crippen LogP contribution in [0.3, 0.4) is 0 Å². The first-order valence-corrected chi connectivity index (χ1v) is 9.74. The molecule has 1 atom stereocenters. The second kappa shape index (κ2) is 9.15. The van der Waals surface area contributed by atoms with Crippen molar-refractivity contribution in [2.75, 3.05) is 0 Å². The molecule has 1 amide bonds. The van der Waals surface area contributed by atoms with E-state index in [4.69, 9.17) is 27.9 Å². The van der Waals surface area contributed by atoms with Gasteiger partial charge >= 0.3 is 5.97 Å². The fraction of sp³-hybridized carbons (Fsp3) is 0.136. The first-order valence-electron chi connectivity index (χ1n) is 8.99. The summed E-state index contributed by atoms with van der Waals surface area (Å²) in [4.78, 5) is 28.5. The van der Waals surface area contributed by atoms with E-state index in [1.165, 1.54) is 18.3 Å². The Labute approximate surface area is 183 Å². The van der Waals surface area contributed by atoms with Crippen LogP contribution in [0.15, 0.2) is 54.7 Å². The Balaban J connectivity index is 1.89. The second-order valence-corrected chi connectivity index (χ2v) is 7.47. The number of nitrogens with one attached hydrogen (secondary N) is 1. The quantitative estimate of drug-likeness (QED) is 0.510. The zero-order chi connectivity index (χ0) is 21.8. The van der Waals surface area contributed by atoms with E-state index >= 15 is 0 Å². The lowest BCUT2D eigenvalue weighted by Gasteiger charge is -2.18. The van der Waals surface area contributed by atoms with Crippen molar-refractivity contribution in [3.05, 3.63) is 87.0 Å². The number of benzene rings is 2. The standard InChI is InChI=1S/C22H18Cl2N2O4/c1-12-7-8-19(18(24)9-12)30-21-17(10-14(23)11-25-21)20(27)26-13(2)15-5-3-4-6-16(15)22(28)29/h3-11,13H,1-2H3,(H,26,27)(H,28,29)/t13-/m0/s1. The molecule has 8 heteroatoms. The summed E-state index contributed by atoms with van der Waals surface area (Å²) in [6, 6.07) is 12.5. The monoisotopic (exact) mass is 444 g/mol. The number of carboxylic acids is 1. The molecule has 0 saturated carbocycles. The van der Waals surface area contributed by atoms with Crippen LogP contribution >= 0.6 is 23.2 Å². The fourth-order valence-corrected chi connectivity index (χ4v) is 3.32. The van der Waals surface area contributed by atoms with Crippen molar-refractivity contribution in [2.24, 2.45) is 0 Å². The average molecular weight is 445 g/mol. The third-order valence-electron chi connectivity index (χ3n) is 4.36. The van der Waals surface area contributed by atoms with Crippen LogP contribution in [-0.4, -0.2) is 22.0 Å². The maximum Gasteiger partial charge on any atom is 0.336 e. The van der Waals surface area contributed by atoms with Gasteiger partial charge in [-0.3, -0.25) is 4.79 Å². The zero-order valence-electron chi connectivity index (χ0n) is 16.1. The maximum atomic E-state index is 12.9. The number of aromatic nitrogens is 1. The molecule has 154 valence electrons. The number of hydrogen-bond acceptors (Lipinski definition) is 4. The molecule has 0 radical (unpaired) electrons. The van der Waals surface area contributed by atoms with E-state index in [0.29, 0.717) is 16.3 Å². The van der Waals surface area contributed by atoms with Crippen molar-refractivity contribution < 1.29 is 19.4 Å². The van der Waals surface area contributed by atoms with Crippen molar-refractivity contribution in [1.82, 2.24) is 10.3 Å². The number of rotatable bonds is 6. The van der Waals surface area contributed by atoms with Gasteiger partial charge in [0.25, 0.3) is 5.91 Å². The number of carbonyl (C=O) groups excluding carboxylic acids is 1. The van der Waals surface area contributed by atoms with Crippen LogP contribution in [-0.2, 0) is 0 Å². The summed E-state index contributed by atoms with van der Waals surface area (Å²) in [6.45, 7) is 3.58. The maximum absolute atomic E-state index is 12.9. The van der Waals surface area contributed by atoms with Gasteiger partial charge in [0.15, 0.2) is 0 Å². The van der Waals surface area contributed by atoms with Gasteiger partial charge in [-0.25, -0.2) is 9.78 Å². The van der Waals surface area contributed by atoms with E-state index in [-0.39, 0.29) is 22.0 Å². The number of hydrogen-bond donors (Lipinski definition) is 2. The van der Waals surface area contributed by atoms with E-state index in [1.807, 2.05) is 13.0 Å². The average Bonchev–Trinajstić information content (AvgIpc) is 2.71. The van der Waals surface area contributed by atoms with Gasteiger partial charge < -0.3 is 15.2 Å². The van der Waals surface area contributed by atoms with Crippen molar-refractivity contribution in [3.63, 3.8) is 0 Å². The normalized spacial score (nSPS) is 11.6. The lowest BCUT2D eigenvalue weighted by atomic mass is 10.0. The van der Waals surface area contributed by atoms with Crippen LogP contribution in [0.2, 0.25) is 10.0 Å². The molecule has 1 aromatic heterocycles. The van der Waals surface area contributed by atoms with Gasteiger partial charge in [-0.05, 0) is 49.2 Å². The number of carboxylic acid groups (broad SMARTS) is 1. The van der Waals surface area contributed by atoms with Crippen LogP contribution in [0, 0.1) is 6.92 Å². The highest BCUT2D eigenvalue weighted by atomic mass is 35.5. The van der Waals surface area contributed by atoms with Crippen LogP contribution in [0.4, 0.5) is 0 Å². The van der Waals surface area contributed by atoms with Gasteiger partial charge in [0.05, 0.1) is 21.7 Å². The number of aromatic carboxylic acids is 1. The van der Waals surface area contributed by atoms with E-state index in [1.54, 1.807) is 37.3 Å². The Morgan fingerprint density at radius 1 is 1.10 bits per heavy atom. The molecule has 30 heavy (non-hydrogen) atoms. The molecule has 1 heterocycles. The molecule has 0 spiro atoms. The van der Waals surface area contributed by atoms with Gasteiger partial charge in [-0.1, -0.05) is 47.5 Å². The van der Waals surface area contributed by atoms with Crippen LogP contribution < -0.4 is 10.1 Å². The number of halogens is 2. The highest BCUT2D eigenvalue weighted by Crippen LogP contribution is 2.32. The largest absolute Gasteiger partial charge is 0.478 e. The van der Waals surface area contributed by atoms with Crippen LogP contribution in [0.25, 0.3) is 0 Å². The SMILES string of the molecule is Cc1ccc(Oc2ncc(Cl)cc2C(=O)N[C@@H](C)c2ccccc2C(=O)O)c(Cl)c1. The topological polar surface area (TPSA) is 88.5 Å². The summed E-state index contributed by atoms with van der Waals surface area (Å²) in [5, 5.41) is 12.8. The molecule has 6 nitrogen and oxygen atoms in total. The Kier molecular flexibility index (Phi) is 6.59. The minimum Gasteiger partial charge on any atom is -0.478 e. The minimum atomic E-state index is -1.07. The highest BCUT2D eigenvalue weighted by Gasteiger charge is 2.21. The van der Waals surface area contributed by atoms with Crippen LogP contribution in [0.1, 0.15) is 44.8 Å². The predicted octanol–water partition coefficient (Wildman–Crippen LogP) is 5.68. The number of nitrogens with zero attached hydrogens (tertiary/aromatic N) is 1. The summed E-state index contributed by atoms with van der Waals surface area (Å²) in [5.41, 5.74) is 1.63. The lowest BCUT2D eigenvalue weighted by Crippen LogP contribution is -2.28.